The number of hydrogen-bond donors (Lipinski definition) is 2. The molecule has 39 heavy (non-hydrogen) atoms. The number of carbonyl (C=O) groups excluding carboxylic acids is 3. The van der Waals surface area contributed by atoms with E-state index in [0.717, 1.165) is 11.1 Å². The van der Waals surface area contributed by atoms with Gasteiger partial charge in [-0.2, -0.15) is 0 Å². The van der Waals surface area contributed by atoms with Crippen LogP contribution in [0.25, 0.3) is 0 Å². The van der Waals surface area contributed by atoms with Gasteiger partial charge in [-0.15, -0.1) is 0 Å². The van der Waals surface area contributed by atoms with Crippen LogP contribution in [-0.4, -0.2) is 28.8 Å². The van der Waals surface area contributed by atoms with Crippen molar-refractivity contribution in [2.45, 2.75) is 25.6 Å². The Morgan fingerprint density at radius 2 is 1.56 bits per heavy atom. The Balaban J connectivity index is 1.43. The second-order valence-corrected chi connectivity index (χ2v) is 9.30. The predicted molar refractivity (Wildman–Crippen MR) is 146 cm³/mol. The molecule has 5 rings (SSSR count). The summed E-state index contributed by atoms with van der Waals surface area (Å²) in [7, 11) is 0. The van der Waals surface area contributed by atoms with Crippen molar-refractivity contribution in [3.8, 4) is 0 Å². The van der Waals surface area contributed by atoms with E-state index < -0.39 is 30.0 Å². The maximum atomic E-state index is 13.6. The van der Waals surface area contributed by atoms with Gasteiger partial charge in [-0.25, -0.2) is 9.18 Å². The van der Waals surface area contributed by atoms with E-state index in [9.17, 15) is 18.8 Å². The van der Waals surface area contributed by atoms with Gasteiger partial charge in [-0.1, -0.05) is 60.2 Å². The number of anilines is 2. The van der Waals surface area contributed by atoms with Crippen molar-refractivity contribution in [2.24, 2.45) is 0 Å². The predicted octanol–water partition coefficient (Wildman–Crippen LogP) is 6.09. The summed E-state index contributed by atoms with van der Waals surface area (Å²) in [5, 5.41) is 5.63. The number of hydrogen-bond acceptors (Lipinski definition) is 4. The van der Waals surface area contributed by atoms with Crippen molar-refractivity contribution < 1.29 is 23.5 Å². The highest BCUT2D eigenvalue weighted by molar-refractivity contribution is 6.04. The molecule has 0 bridgehead atoms. The number of carbonyl (C=O) groups is 3. The van der Waals surface area contributed by atoms with E-state index in [4.69, 9.17) is 4.74 Å². The number of benzene rings is 4. The zero-order chi connectivity index (χ0) is 27.4. The maximum absolute atomic E-state index is 13.6. The second kappa shape index (κ2) is 11.2. The van der Waals surface area contributed by atoms with E-state index >= 15 is 0 Å². The minimum Gasteiger partial charge on any atom is -0.438 e. The molecule has 8 heteroatoms. The molecule has 3 amide bonds. The third-order valence-electron chi connectivity index (χ3n) is 6.45. The summed E-state index contributed by atoms with van der Waals surface area (Å²) in [6.45, 7) is 2.10. The summed E-state index contributed by atoms with van der Waals surface area (Å²) < 4.78 is 19.1. The van der Waals surface area contributed by atoms with Crippen molar-refractivity contribution in [1.82, 2.24) is 4.90 Å². The summed E-state index contributed by atoms with van der Waals surface area (Å²) in [5.41, 5.74) is 3.80. The first-order valence-electron chi connectivity index (χ1n) is 12.4. The fourth-order valence-corrected chi connectivity index (χ4v) is 4.44. The molecule has 0 spiro atoms. The van der Waals surface area contributed by atoms with Gasteiger partial charge in [0.05, 0.1) is 6.54 Å². The van der Waals surface area contributed by atoms with Crippen molar-refractivity contribution in [3.05, 3.63) is 131 Å². The third-order valence-corrected chi connectivity index (χ3v) is 6.45. The Hall–Kier alpha value is -4.98. The number of rotatable bonds is 7. The molecular formula is C31H26FN3O4. The van der Waals surface area contributed by atoms with Gasteiger partial charge in [0.15, 0.2) is 12.1 Å². The van der Waals surface area contributed by atoms with Crippen LogP contribution in [0.5, 0.6) is 0 Å². The smallest absolute Gasteiger partial charge is 0.411 e. The third kappa shape index (κ3) is 5.96. The molecule has 4 aromatic carbocycles. The zero-order valence-corrected chi connectivity index (χ0v) is 21.1. The molecule has 0 radical (unpaired) electrons. The Bertz CT molecular complexity index is 1490. The van der Waals surface area contributed by atoms with Crippen molar-refractivity contribution in [1.29, 1.82) is 0 Å². The Morgan fingerprint density at radius 3 is 2.28 bits per heavy atom. The number of amides is 3. The van der Waals surface area contributed by atoms with Gasteiger partial charge in [0.1, 0.15) is 5.82 Å². The van der Waals surface area contributed by atoms with Gasteiger partial charge in [-0.05, 0) is 66.6 Å². The Kier molecular flexibility index (Phi) is 7.36. The quantitative estimate of drug-likeness (QED) is 0.307. The topological polar surface area (TPSA) is 87.7 Å². The number of cyclic esters (lactones) is 1. The molecule has 1 heterocycles. The number of ether oxygens (including phenoxy) is 1. The van der Waals surface area contributed by atoms with Gasteiger partial charge >= 0.3 is 6.09 Å². The first-order chi connectivity index (χ1) is 18.9. The SMILES string of the molecule is Cc1ccc(C(=O)Nc2cccc([C@@H]3OC(=O)N(Cc4ccccc4)[C@H]3C(=O)Nc3ccc(F)cc3)c2)cc1. The van der Waals surface area contributed by atoms with Gasteiger partial charge in [0, 0.05) is 16.9 Å². The zero-order valence-electron chi connectivity index (χ0n) is 21.1. The van der Waals surface area contributed by atoms with Crippen molar-refractivity contribution in [3.63, 3.8) is 0 Å². The summed E-state index contributed by atoms with van der Waals surface area (Å²) in [5.74, 6) is -1.20. The molecule has 4 aromatic rings. The number of halogens is 1. The van der Waals surface area contributed by atoms with E-state index in [1.165, 1.54) is 29.2 Å². The molecular weight excluding hydrogens is 497 g/mol. The van der Waals surface area contributed by atoms with Gasteiger partial charge in [-0.3, -0.25) is 14.5 Å². The Morgan fingerprint density at radius 1 is 0.846 bits per heavy atom. The lowest BCUT2D eigenvalue weighted by atomic mass is 10.00. The first-order valence-corrected chi connectivity index (χ1v) is 12.4. The minimum atomic E-state index is -1.02. The van der Waals surface area contributed by atoms with Crippen LogP contribution in [-0.2, 0) is 16.1 Å². The highest BCUT2D eigenvalue weighted by Gasteiger charge is 2.47. The minimum absolute atomic E-state index is 0.154. The average molecular weight is 524 g/mol. The summed E-state index contributed by atoms with van der Waals surface area (Å²) >= 11 is 0. The van der Waals surface area contributed by atoms with Crippen LogP contribution in [0, 0.1) is 12.7 Å². The molecule has 1 fully saturated rings. The van der Waals surface area contributed by atoms with Crippen LogP contribution in [0.4, 0.5) is 20.6 Å². The average Bonchev–Trinajstić information content (AvgIpc) is 3.27. The standard InChI is InChI=1S/C31H26FN3O4/c1-20-10-12-22(13-11-20)29(36)34-26-9-5-8-23(18-26)28-27(30(37)33-25-16-14-24(32)15-17-25)35(31(38)39-28)19-21-6-3-2-4-7-21/h2-18,27-28H,19H2,1H3,(H,33,37)(H,34,36)/t27-,28+/m1/s1. The normalized spacial score (nSPS) is 16.5. The lowest BCUT2D eigenvalue weighted by Gasteiger charge is -2.24. The first kappa shape index (κ1) is 25.7. The second-order valence-electron chi connectivity index (χ2n) is 9.30. The molecule has 1 aliphatic rings. The molecule has 1 aliphatic heterocycles. The van der Waals surface area contributed by atoms with Crippen LogP contribution in [0.1, 0.15) is 33.2 Å². The lowest BCUT2D eigenvalue weighted by Crippen LogP contribution is -2.43. The lowest BCUT2D eigenvalue weighted by molar-refractivity contribution is -0.121. The largest absolute Gasteiger partial charge is 0.438 e. The maximum Gasteiger partial charge on any atom is 0.411 e. The van der Waals surface area contributed by atoms with Crippen LogP contribution in [0.3, 0.4) is 0 Å². The molecule has 0 aromatic heterocycles. The van der Waals surface area contributed by atoms with Crippen LogP contribution < -0.4 is 10.6 Å². The molecule has 2 N–H and O–H groups in total. The molecule has 196 valence electrons. The Labute approximate surface area is 225 Å². The van der Waals surface area contributed by atoms with Gasteiger partial charge in [0.2, 0.25) is 0 Å². The summed E-state index contributed by atoms with van der Waals surface area (Å²) in [4.78, 5) is 40.8. The van der Waals surface area contributed by atoms with E-state index in [2.05, 4.69) is 10.6 Å². The van der Waals surface area contributed by atoms with Crippen LogP contribution >= 0.6 is 0 Å². The molecule has 2 atom stereocenters. The van der Waals surface area contributed by atoms with Crippen LogP contribution in [0.2, 0.25) is 0 Å². The molecule has 0 unspecified atom stereocenters. The number of aryl methyl sites for hydroxylation is 1. The number of nitrogens with zero attached hydrogens (tertiary/aromatic N) is 1. The molecule has 1 saturated heterocycles. The van der Waals surface area contributed by atoms with Crippen LogP contribution in [0.15, 0.2) is 103 Å². The molecule has 0 saturated carbocycles. The summed E-state index contributed by atoms with van der Waals surface area (Å²) in [6, 6.07) is 27.7. The fraction of sp³-hybridized carbons (Fsp3) is 0.129. The molecule has 7 nitrogen and oxygen atoms in total. The van der Waals surface area contributed by atoms with E-state index in [-0.39, 0.29) is 12.5 Å². The highest BCUT2D eigenvalue weighted by atomic mass is 19.1. The summed E-state index contributed by atoms with van der Waals surface area (Å²) in [6.07, 6.45) is -1.59. The highest BCUT2D eigenvalue weighted by Crippen LogP contribution is 2.35. The van der Waals surface area contributed by atoms with Crippen molar-refractivity contribution >= 4 is 29.3 Å². The molecule has 0 aliphatic carbocycles. The monoisotopic (exact) mass is 523 g/mol. The van der Waals surface area contributed by atoms with Gasteiger partial charge in [0.25, 0.3) is 11.8 Å². The fourth-order valence-electron chi connectivity index (χ4n) is 4.44. The van der Waals surface area contributed by atoms with E-state index in [0.29, 0.717) is 22.5 Å². The van der Waals surface area contributed by atoms with Gasteiger partial charge < -0.3 is 15.4 Å². The number of nitrogens with one attached hydrogen (secondary N) is 2. The van der Waals surface area contributed by atoms with E-state index in [1.807, 2.05) is 49.4 Å². The van der Waals surface area contributed by atoms with Crippen molar-refractivity contribution in [2.75, 3.05) is 10.6 Å². The van der Waals surface area contributed by atoms with E-state index in [1.54, 1.807) is 36.4 Å².